The second-order valence-corrected chi connectivity index (χ2v) is 4.81. The van der Waals surface area contributed by atoms with Crippen LogP contribution in [0.1, 0.15) is 50.4 Å². The molecule has 1 amide bonds. The van der Waals surface area contributed by atoms with Gasteiger partial charge in [0.1, 0.15) is 0 Å². The highest BCUT2D eigenvalue weighted by Crippen LogP contribution is 2.02. The van der Waals surface area contributed by atoms with E-state index in [1.807, 2.05) is 24.6 Å². The van der Waals surface area contributed by atoms with Crippen LogP contribution >= 0.6 is 0 Å². The zero-order valence-electron chi connectivity index (χ0n) is 11.8. The number of rotatable bonds is 8. The van der Waals surface area contributed by atoms with Gasteiger partial charge in [0.25, 0.3) is 0 Å². The Kier molecular flexibility index (Phi) is 6.47. The summed E-state index contributed by atoms with van der Waals surface area (Å²) in [6, 6.07) is 2.03. The van der Waals surface area contributed by atoms with Crippen molar-refractivity contribution in [3.63, 3.8) is 0 Å². The molecule has 1 heterocycles. The fourth-order valence-corrected chi connectivity index (χ4v) is 1.98. The Morgan fingerprint density at radius 3 is 2.72 bits per heavy atom. The molecule has 1 aromatic heterocycles. The molecule has 0 fully saturated rings. The smallest absolute Gasteiger partial charge is 0.221 e. The molecular formula is C14H25N3O. The lowest BCUT2D eigenvalue weighted by atomic mass is 10.2. The first-order chi connectivity index (χ1) is 8.63. The maximum absolute atomic E-state index is 11.6. The maximum atomic E-state index is 11.6. The summed E-state index contributed by atoms with van der Waals surface area (Å²) in [5, 5.41) is 7.30. The number of nitrogens with one attached hydrogen (secondary N) is 1. The van der Waals surface area contributed by atoms with E-state index in [0.29, 0.717) is 13.0 Å². The van der Waals surface area contributed by atoms with E-state index in [1.165, 1.54) is 19.3 Å². The SMILES string of the molecule is CCCCCCNC(=O)CCn1nc(C)cc1C. The molecule has 102 valence electrons. The first kappa shape index (κ1) is 14.7. The topological polar surface area (TPSA) is 46.9 Å². The molecule has 0 saturated heterocycles. The van der Waals surface area contributed by atoms with Crippen LogP contribution in [0.25, 0.3) is 0 Å². The van der Waals surface area contributed by atoms with Crippen LogP contribution in [0.2, 0.25) is 0 Å². The molecule has 0 aliphatic carbocycles. The summed E-state index contributed by atoms with van der Waals surface area (Å²) in [4.78, 5) is 11.6. The van der Waals surface area contributed by atoms with Gasteiger partial charge in [-0.3, -0.25) is 9.48 Å². The maximum Gasteiger partial charge on any atom is 0.221 e. The van der Waals surface area contributed by atoms with Crippen LogP contribution in [0, 0.1) is 13.8 Å². The second-order valence-electron chi connectivity index (χ2n) is 4.81. The van der Waals surface area contributed by atoms with Crippen molar-refractivity contribution in [1.82, 2.24) is 15.1 Å². The van der Waals surface area contributed by atoms with E-state index >= 15 is 0 Å². The predicted octanol–water partition coefficient (Wildman–Crippen LogP) is 2.59. The van der Waals surface area contributed by atoms with Crippen LogP contribution < -0.4 is 5.32 Å². The van der Waals surface area contributed by atoms with E-state index in [-0.39, 0.29) is 5.91 Å². The summed E-state index contributed by atoms with van der Waals surface area (Å²) >= 11 is 0. The van der Waals surface area contributed by atoms with Crippen LogP contribution in [0.5, 0.6) is 0 Å². The minimum Gasteiger partial charge on any atom is -0.356 e. The predicted molar refractivity (Wildman–Crippen MR) is 73.5 cm³/mol. The molecule has 18 heavy (non-hydrogen) atoms. The number of hydrogen-bond donors (Lipinski definition) is 1. The Labute approximate surface area is 110 Å². The van der Waals surface area contributed by atoms with E-state index in [1.54, 1.807) is 0 Å². The van der Waals surface area contributed by atoms with Crippen molar-refractivity contribution in [3.05, 3.63) is 17.5 Å². The standard InChI is InChI=1S/C14H25N3O/c1-4-5-6-7-9-15-14(18)8-10-17-13(3)11-12(2)16-17/h11H,4-10H2,1-3H3,(H,15,18). The number of nitrogens with zero attached hydrogens (tertiary/aromatic N) is 2. The van der Waals surface area contributed by atoms with E-state index in [2.05, 4.69) is 17.3 Å². The first-order valence-corrected chi connectivity index (χ1v) is 6.91. The monoisotopic (exact) mass is 251 g/mol. The van der Waals surface area contributed by atoms with Crippen molar-refractivity contribution in [2.75, 3.05) is 6.54 Å². The van der Waals surface area contributed by atoms with Crippen LogP contribution in [-0.2, 0) is 11.3 Å². The van der Waals surface area contributed by atoms with Gasteiger partial charge in [0, 0.05) is 25.2 Å². The van der Waals surface area contributed by atoms with Gasteiger partial charge in [-0.25, -0.2) is 0 Å². The third-order valence-corrected chi connectivity index (χ3v) is 3.01. The summed E-state index contributed by atoms with van der Waals surface area (Å²) in [7, 11) is 0. The van der Waals surface area contributed by atoms with Gasteiger partial charge >= 0.3 is 0 Å². The molecule has 0 aromatic carbocycles. The minimum absolute atomic E-state index is 0.124. The van der Waals surface area contributed by atoms with Crippen molar-refractivity contribution < 1.29 is 4.79 Å². The Balaban J connectivity index is 2.15. The van der Waals surface area contributed by atoms with Crippen LogP contribution in [0.4, 0.5) is 0 Å². The molecule has 4 nitrogen and oxygen atoms in total. The third-order valence-electron chi connectivity index (χ3n) is 3.01. The largest absolute Gasteiger partial charge is 0.356 e. The van der Waals surface area contributed by atoms with Gasteiger partial charge < -0.3 is 5.32 Å². The van der Waals surface area contributed by atoms with Crippen LogP contribution in [-0.4, -0.2) is 22.2 Å². The van der Waals surface area contributed by atoms with Crippen molar-refractivity contribution in [3.8, 4) is 0 Å². The summed E-state index contributed by atoms with van der Waals surface area (Å²) in [5.41, 5.74) is 2.12. The molecule has 0 bridgehead atoms. The van der Waals surface area contributed by atoms with E-state index in [9.17, 15) is 4.79 Å². The number of hydrogen-bond acceptors (Lipinski definition) is 2. The molecule has 1 aromatic rings. The number of aryl methyl sites for hydroxylation is 3. The molecule has 4 heteroatoms. The quantitative estimate of drug-likeness (QED) is 0.722. The van der Waals surface area contributed by atoms with Crippen molar-refractivity contribution in [1.29, 1.82) is 0 Å². The Morgan fingerprint density at radius 2 is 2.11 bits per heavy atom. The lowest BCUT2D eigenvalue weighted by molar-refractivity contribution is -0.121. The summed E-state index contributed by atoms with van der Waals surface area (Å²) < 4.78 is 1.89. The van der Waals surface area contributed by atoms with Gasteiger partial charge in [0.05, 0.1) is 5.69 Å². The summed E-state index contributed by atoms with van der Waals surface area (Å²) in [6.45, 7) is 7.64. The first-order valence-electron chi connectivity index (χ1n) is 6.91. The van der Waals surface area contributed by atoms with Gasteiger partial charge in [-0.05, 0) is 26.3 Å². The highest BCUT2D eigenvalue weighted by atomic mass is 16.1. The number of carbonyl (C=O) groups is 1. The molecule has 0 unspecified atom stereocenters. The minimum atomic E-state index is 0.124. The molecular weight excluding hydrogens is 226 g/mol. The molecule has 1 rings (SSSR count). The van der Waals surface area contributed by atoms with Crippen molar-refractivity contribution in [2.45, 2.75) is 59.4 Å². The average molecular weight is 251 g/mol. The van der Waals surface area contributed by atoms with Crippen molar-refractivity contribution in [2.24, 2.45) is 0 Å². The lowest BCUT2D eigenvalue weighted by Gasteiger charge is -2.06. The Hall–Kier alpha value is -1.32. The van der Waals surface area contributed by atoms with Gasteiger partial charge in [0.15, 0.2) is 0 Å². The number of amides is 1. The van der Waals surface area contributed by atoms with Crippen molar-refractivity contribution >= 4 is 5.91 Å². The lowest BCUT2D eigenvalue weighted by Crippen LogP contribution is -2.25. The number of aromatic nitrogens is 2. The fraction of sp³-hybridized carbons (Fsp3) is 0.714. The zero-order chi connectivity index (χ0) is 13.4. The van der Waals surface area contributed by atoms with Crippen LogP contribution in [0.15, 0.2) is 6.07 Å². The van der Waals surface area contributed by atoms with E-state index in [4.69, 9.17) is 0 Å². The van der Waals surface area contributed by atoms with Gasteiger partial charge in [-0.1, -0.05) is 26.2 Å². The molecule has 0 aliphatic heterocycles. The van der Waals surface area contributed by atoms with Gasteiger partial charge in [-0.2, -0.15) is 5.10 Å². The second kappa shape index (κ2) is 7.90. The fourth-order valence-electron chi connectivity index (χ4n) is 1.98. The van der Waals surface area contributed by atoms with E-state index in [0.717, 1.165) is 24.4 Å². The van der Waals surface area contributed by atoms with E-state index < -0.39 is 0 Å². The zero-order valence-corrected chi connectivity index (χ0v) is 11.8. The highest BCUT2D eigenvalue weighted by molar-refractivity contribution is 5.75. The summed E-state index contributed by atoms with van der Waals surface area (Å²) in [5.74, 6) is 0.124. The Morgan fingerprint density at radius 1 is 1.33 bits per heavy atom. The highest BCUT2D eigenvalue weighted by Gasteiger charge is 2.04. The molecule has 0 spiro atoms. The van der Waals surface area contributed by atoms with Gasteiger partial charge in [0.2, 0.25) is 5.91 Å². The van der Waals surface area contributed by atoms with Gasteiger partial charge in [-0.15, -0.1) is 0 Å². The normalized spacial score (nSPS) is 10.6. The van der Waals surface area contributed by atoms with Crippen LogP contribution in [0.3, 0.4) is 0 Å². The molecule has 0 aliphatic rings. The molecule has 1 N–H and O–H groups in total. The Bertz CT molecular complexity index is 371. The number of carbonyl (C=O) groups excluding carboxylic acids is 1. The molecule has 0 radical (unpaired) electrons. The molecule has 0 saturated carbocycles. The summed E-state index contributed by atoms with van der Waals surface area (Å²) in [6.07, 6.45) is 5.27. The number of unbranched alkanes of at least 4 members (excludes halogenated alkanes) is 3. The average Bonchev–Trinajstić information content (AvgIpc) is 2.65. The molecule has 0 atom stereocenters. The third kappa shape index (κ3) is 5.34.